The van der Waals surface area contributed by atoms with Crippen LogP contribution < -0.4 is 28.3 Å². The van der Waals surface area contributed by atoms with Gasteiger partial charge in [0.25, 0.3) is 12.4 Å². The van der Waals surface area contributed by atoms with E-state index in [0.29, 0.717) is 10.7 Å². The van der Waals surface area contributed by atoms with Gasteiger partial charge in [-0.1, -0.05) is 54.6 Å². The third-order valence-electron chi connectivity index (χ3n) is 4.68. The van der Waals surface area contributed by atoms with Crippen molar-refractivity contribution in [1.29, 1.82) is 0 Å². The van der Waals surface area contributed by atoms with Crippen LogP contribution in [0.4, 0.5) is 0 Å². The van der Waals surface area contributed by atoms with Crippen LogP contribution in [0.3, 0.4) is 0 Å². The summed E-state index contributed by atoms with van der Waals surface area (Å²) in [6, 6.07) is 32.5. The van der Waals surface area contributed by atoms with Crippen LogP contribution in [0.15, 0.2) is 91.0 Å². The van der Waals surface area contributed by atoms with Gasteiger partial charge in [-0.15, -0.1) is 4.11 Å². The lowest BCUT2D eigenvalue weighted by Gasteiger charge is -2.27. The molecule has 0 aliphatic carbocycles. The molecular formula is C22H23ClNOPS. The summed E-state index contributed by atoms with van der Waals surface area (Å²) in [5.74, 6) is 0. The Morgan fingerprint density at radius 3 is 1.37 bits per heavy atom. The summed E-state index contributed by atoms with van der Waals surface area (Å²) in [5.41, 5.74) is 0. The van der Waals surface area contributed by atoms with Crippen LogP contribution in [-0.4, -0.2) is 16.8 Å². The summed E-state index contributed by atoms with van der Waals surface area (Å²) in [6.45, 7) is 0.410. The molecule has 3 rings (SSSR count). The molecule has 0 unspecified atom stereocenters. The first kappa shape index (κ1) is 21.5. The normalized spacial score (nSPS) is 10.8. The first-order chi connectivity index (χ1) is 12.7. The molecule has 0 fully saturated rings. The van der Waals surface area contributed by atoms with Crippen molar-refractivity contribution in [3.05, 3.63) is 96.2 Å². The third kappa shape index (κ3) is 5.13. The molecule has 0 saturated heterocycles. The van der Waals surface area contributed by atoms with Crippen LogP contribution >= 0.6 is 7.26 Å². The largest absolute Gasteiger partial charge is 1.00 e. The van der Waals surface area contributed by atoms with Crippen LogP contribution in [0.5, 0.6) is 0 Å². The van der Waals surface area contributed by atoms with Gasteiger partial charge in [0.1, 0.15) is 23.2 Å². The second-order valence-corrected chi connectivity index (χ2v) is 10.3. The van der Waals surface area contributed by atoms with Gasteiger partial charge in [0, 0.05) is 6.42 Å². The van der Waals surface area contributed by atoms with Crippen LogP contribution in [-0.2, 0) is 12.4 Å². The molecule has 3 aromatic carbocycles. The SMILES string of the molecule is [Cl-].[O-][N+](=S)CCCC[P+](c1ccccc1)(c1ccccc1)c1ccccc1. The topological polar surface area (TPSA) is 26.1 Å². The van der Waals surface area contributed by atoms with Gasteiger partial charge in [-0.05, 0) is 42.8 Å². The Morgan fingerprint density at radius 1 is 0.667 bits per heavy atom. The summed E-state index contributed by atoms with van der Waals surface area (Å²) in [6.07, 6.45) is 2.83. The van der Waals surface area contributed by atoms with Crippen molar-refractivity contribution < 1.29 is 16.5 Å². The van der Waals surface area contributed by atoms with E-state index in [4.69, 9.17) is 0 Å². The molecule has 3 aromatic rings. The maximum absolute atomic E-state index is 11.1. The number of benzene rings is 3. The molecule has 5 heteroatoms. The minimum absolute atomic E-state index is 0. The zero-order chi connectivity index (χ0) is 18.2. The Morgan fingerprint density at radius 2 is 1.04 bits per heavy atom. The fourth-order valence-corrected chi connectivity index (χ4v) is 8.01. The molecule has 0 saturated carbocycles. The highest BCUT2D eigenvalue weighted by Crippen LogP contribution is 2.55. The molecule has 0 aliphatic rings. The Labute approximate surface area is 173 Å². The number of nitrogens with zero attached hydrogens (tertiary/aromatic N) is 1. The lowest BCUT2D eigenvalue weighted by molar-refractivity contribution is -0.426. The van der Waals surface area contributed by atoms with E-state index in [1.165, 1.54) is 15.9 Å². The van der Waals surface area contributed by atoms with Gasteiger partial charge < -0.3 is 17.6 Å². The minimum atomic E-state index is -1.77. The number of halogens is 1. The van der Waals surface area contributed by atoms with Gasteiger partial charge >= 0.3 is 0 Å². The van der Waals surface area contributed by atoms with Gasteiger partial charge in [0.2, 0.25) is 0 Å². The lowest BCUT2D eigenvalue weighted by Crippen LogP contribution is -3.00. The maximum Gasteiger partial charge on any atom is 0.277 e. The average molecular weight is 416 g/mol. The Bertz CT molecular complexity index is 734. The molecule has 0 spiro atoms. The van der Waals surface area contributed by atoms with E-state index in [0.717, 1.165) is 19.0 Å². The van der Waals surface area contributed by atoms with Crippen molar-refractivity contribution in [2.75, 3.05) is 12.7 Å². The van der Waals surface area contributed by atoms with Crippen LogP contribution in [0.1, 0.15) is 12.8 Å². The highest BCUT2D eigenvalue weighted by Gasteiger charge is 2.44. The van der Waals surface area contributed by atoms with Crippen LogP contribution in [0, 0.1) is 5.21 Å². The minimum Gasteiger partial charge on any atom is -1.00 e. The van der Waals surface area contributed by atoms with Crippen LogP contribution in [0.25, 0.3) is 0 Å². The Hall–Kier alpha value is -1.80. The second-order valence-electron chi connectivity index (χ2n) is 6.30. The highest BCUT2D eigenvalue weighted by atomic mass is 35.5. The Balaban J connectivity index is 0.00000261. The first-order valence-electron chi connectivity index (χ1n) is 8.90. The summed E-state index contributed by atoms with van der Waals surface area (Å²) >= 11 is 4.65. The summed E-state index contributed by atoms with van der Waals surface area (Å²) in [4.78, 5) is 0. The number of hydroxylamine groups is 1. The van der Waals surface area contributed by atoms with Crippen LogP contribution in [0.2, 0.25) is 0 Å². The first-order valence-corrected chi connectivity index (χ1v) is 11.2. The smallest absolute Gasteiger partial charge is 0.277 e. The molecule has 27 heavy (non-hydrogen) atoms. The van der Waals surface area contributed by atoms with Crippen molar-refractivity contribution in [3.63, 3.8) is 0 Å². The van der Waals surface area contributed by atoms with E-state index >= 15 is 0 Å². The van der Waals surface area contributed by atoms with Gasteiger partial charge in [0.05, 0.1) is 6.16 Å². The predicted molar refractivity (Wildman–Crippen MR) is 115 cm³/mol. The van der Waals surface area contributed by atoms with E-state index in [2.05, 4.69) is 103 Å². The number of rotatable bonds is 8. The quantitative estimate of drug-likeness (QED) is 0.237. The molecule has 0 heterocycles. The lowest BCUT2D eigenvalue weighted by atomic mass is 10.3. The van der Waals surface area contributed by atoms with Gasteiger partial charge in [-0.25, -0.2) is 0 Å². The third-order valence-corrected chi connectivity index (χ3v) is 9.38. The molecule has 0 aliphatic heterocycles. The summed E-state index contributed by atoms with van der Waals surface area (Å²) < 4.78 is 0.619. The van der Waals surface area contributed by atoms with Crippen molar-refractivity contribution in [3.8, 4) is 0 Å². The average Bonchev–Trinajstić information content (AvgIpc) is 2.70. The molecule has 0 atom stereocenters. The molecule has 0 amide bonds. The van der Waals surface area contributed by atoms with E-state index in [9.17, 15) is 5.21 Å². The Kier molecular flexibility index (Phi) is 8.37. The molecule has 0 bridgehead atoms. The van der Waals surface area contributed by atoms with E-state index in [-0.39, 0.29) is 12.4 Å². The van der Waals surface area contributed by atoms with Crippen molar-refractivity contribution >= 4 is 35.6 Å². The molecule has 2 nitrogen and oxygen atoms in total. The number of hydrogen-bond acceptors (Lipinski definition) is 2. The van der Waals surface area contributed by atoms with Gasteiger partial charge in [-0.3, -0.25) is 0 Å². The van der Waals surface area contributed by atoms with E-state index in [1.807, 2.05) is 0 Å². The van der Waals surface area contributed by atoms with E-state index < -0.39 is 7.26 Å². The summed E-state index contributed by atoms with van der Waals surface area (Å²) in [7, 11) is -1.77. The van der Waals surface area contributed by atoms with E-state index in [1.54, 1.807) is 0 Å². The van der Waals surface area contributed by atoms with Crippen molar-refractivity contribution in [2.24, 2.45) is 0 Å². The monoisotopic (exact) mass is 415 g/mol. The fraction of sp³-hybridized carbons (Fsp3) is 0.182. The second kappa shape index (κ2) is 10.5. The number of hydrogen-bond donors (Lipinski definition) is 0. The highest BCUT2D eigenvalue weighted by molar-refractivity contribution is 7.95. The standard InChI is InChI=1S/C22H23NOPS.ClH/c24-23(26)18-10-11-19-25(20-12-4-1-5-13-20,21-14-6-2-7-15-21)22-16-8-3-9-17-22;/h1-9,12-17H,10-11,18-19H2;1H/q+1;/p-1. The zero-order valence-electron chi connectivity index (χ0n) is 15.1. The molecule has 0 N–H and O–H groups in total. The van der Waals surface area contributed by atoms with Crippen molar-refractivity contribution in [2.45, 2.75) is 12.8 Å². The van der Waals surface area contributed by atoms with Gasteiger partial charge in [0.15, 0.2) is 6.54 Å². The molecule has 140 valence electrons. The fourth-order valence-electron chi connectivity index (χ4n) is 3.47. The van der Waals surface area contributed by atoms with Crippen molar-refractivity contribution in [1.82, 2.24) is 0 Å². The van der Waals surface area contributed by atoms with Gasteiger partial charge in [-0.2, -0.15) is 0 Å². The predicted octanol–water partition coefficient (Wildman–Crippen LogP) is 1.01. The zero-order valence-corrected chi connectivity index (χ0v) is 17.5. The molecule has 0 aromatic heterocycles. The number of unbranched alkanes of at least 4 members (excludes halogenated alkanes) is 1. The molecule has 0 radical (unpaired) electrons. The summed E-state index contributed by atoms with van der Waals surface area (Å²) in [5, 5.41) is 15.3. The molecular weight excluding hydrogens is 393 g/mol. The maximum atomic E-state index is 11.1.